The van der Waals surface area contributed by atoms with Crippen molar-refractivity contribution in [3.05, 3.63) is 28.8 Å². The van der Waals surface area contributed by atoms with E-state index in [0.717, 1.165) is 12.4 Å². The van der Waals surface area contributed by atoms with Gasteiger partial charge in [0.1, 0.15) is 11.9 Å². The average Bonchev–Trinajstić information content (AvgIpc) is 2.85. The molecule has 2 heteroatoms. The smallest absolute Gasteiger partial charge is 0.124 e. The van der Waals surface area contributed by atoms with Crippen molar-refractivity contribution >= 4 is 0 Å². The second-order valence-corrected chi connectivity index (χ2v) is 3.51. The average molecular weight is 178 g/mol. The Bertz CT molecular complexity index is 304. The minimum Gasteiger partial charge on any atom is -0.496 e. The van der Waals surface area contributed by atoms with Crippen LogP contribution in [0.15, 0.2) is 12.1 Å². The van der Waals surface area contributed by atoms with Crippen LogP contribution in [0.5, 0.6) is 5.75 Å². The minimum atomic E-state index is 0.336. The van der Waals surface area contributed by atoms with Crippen LogP contribution >= 0.6 is 0 Å². The molecular formula is C11H14O2. The van der Waals surface area contributed by atoms with Gasteiger partial charge in [-0.1, -0.05) is 0 Å². The molecule has 1 fully saturated rings. The highest BCUT2D eigenvalue weighted by Crippen LogP contribution is 2.34. The molecule has 0 aromatic heterocycles. The van der Waals surface area contributed by atoms with Crippen LogP contribution in [0.25, 0.3) is 0 Å². The van der Waals surface area contributed by atoms with Crippen molar-refractivity contribution in [1.29, 1.82) is 0 Å². The number of rotatable bonds is 2. The minimum absolute atomic E-state index is 0.336. The van der Waals surface area contributed by atoms with Crippen molar-refractivity contribution in [2.75, 3.05) is 13.7 Å². The zero-order valence-electron chi connectivity index (χ0n) is 8.26. The van der Waals surface area contributed by atoms with E-state index in [2.05, 4.69) is 26.0 Å². The predicted molar refractivity (Wildman–Crippen MR) is 51.2 cm³/mol. The summed E-state index contributed by atoms with van der Waals surface area (Å²) in [6.07, 6.45) is 0.336. The Kier molecular flexibility index (Phi) is 2.00. The first-order valence-corrected chi connectivity index (χ1v) is 4.49. The van der Waals surface area contributed by atoms with E-state index in [1.807, 2.05) is 0 Å². The van der Waals surface area contributed by atoms with E-state index in [9.17, 15) is 0 Å². The highest BCUT2D eigenvalue weighted by atomic mass is 16.6. The van der Waals surface area contributed by atoms with Gasteiger partial charge in [0, 0.05) is 0 Å². The van der Waals surface area contributed by atoms with Gasteiger partial charge in [-0.15, -0.1) is 0 Å². The number of benzene rings is 1. The summed E-state index contributed by atoms with van der Waals surface area (Å²) in [7, 11) is 1.71. The summed E-state index contributed by atoms with van der Waals surface area (Å²) in [5.74, 6) is 0.990. The van der Waals surface area contributed by atoms with Crippen LogP contribution in [0, 0.1) is 13.8 Å². The Hall–Kier alpha value is -1.02. The van der Waals surface area contributed by atoms with E-state index in [-0.39, 0.29) is 0 Å². The normalized spacial score (nSPS) is 20.1. The predicted octanol–water partition coefficient (Wildman–Crippen LogP) is 2.38. The molecule has 0 N–H and O–H groups in total. The first-order chi connectivity index (χ1) is 6.22. The molecule has 1 aliphatic rings. The molecule has 1 heterocycles. The Morgan fingerprint density at radius 1 is 1.31 bits per heavy atom. The van der Waals surface area contributed by atoms with Gasteiger partial charge in [0.25, 0.3) is 0 Å². The third-order valence-corrected chi connectivity index (χ3v) is 2.39. The van der Waals surface area contributed by atoms with Gasteiger partial charge in [0.05, 0.1) is 13.7 Å². The fraction of sp³-hybridized carbons (Fsp3) is 0.455. The van der Waals surface area contributed by atoms with Crippen LogP contribution in [-0.2, 0) is 4.74 Å². The monoisotopic (exact) mass is 178 g/mol. The van der Waals surface area contributed by atoms with Crippen LogP contribution in [0.2, 0.25) is 0 Å². The topological polar surface area (TPSA) is 21.8 Å². The molecule has 0 amide bonds. The molecule has 2 rings (SSSR count). The molecule has 1 saturated heterocycles. The molecule has 0 unspecified atom stereocenters. The lowest BCUT2D eigenvalue weighted by Crippen LogP contribution is -1.93. The van der Waals surface area contributed by atoms with E-state index in [0.29, 0.717) is 6.10 Å². The number of ether oxygens (including phenoxy) is 2. The van der Waals surface area contributed by atoms with Gasteiger partial charge in [-0.3, -0.25) is 0 Å². The van der Waals surface area contributed by atoms with Crippen LogP contribution in [0.3, 0.4) is 0 Å². The summed E-state index contributed by atoms with van der Waals surface area (Å²) in [6, 6.07) is 4.28. The number of epoxide rings is 1. The van der Waals surface area contributed by atoms with E-state index >= 15 is 0 Å². The highest BCUT2D eigenvalue weighted by molar-refractivity contribution is 5.44. The van der Waals surface area contributed by atoms with Gasteiger partial charge in [0.2, 0.25) is 0 Å². The molecule has 1 aromatic rings. The molecule has 0 bridgehead atoms. The van der Waals surface area contributed by atoms with Gasteiger partial charge < -0.3 is 9.47 Å². The first kappa shape index (κ1) is 8.57. The van der Waals surface area contributed by atoms with Crippen LogP contribution in [0.1, 0.15) is 22.8 Å². The zero-order chi connectivity index (χ0) is 9.42. The van der Waals surface area contributed by atoms with E-state index in [1.54, 1.807) is 7.11 Å². The quantitative estimate of drug-likeness (QED) is 0.648. The van der Waals surface area contributed by atoms with Gasteiger partial charge in [-0.25, -0.2) is 0 Å². The van der Waals surface area contributed by atoms with Crippen LogP contribution in [0.4, 0.5) is 0 Å². The molecular weight excluding hydrogens is 164 g/mol. The lowest BCUT2D eigenvalue weighted by molar-refractivity contribution is 0.404. The Labute approximate surface area is 78.5 Å². The maximum absolute atomic E-state index is 5.29. The second-order valence-electron chi connectivity index (χ2n) is 3.51. The molecule has 1 atom stereocenters. The Balaban J connectivity index is 2.42. The Morgan fingerprint density at radius 3 is 2.23 bits per heavy atom. The van der Waals surface area contributed by atoms with E-state index in [1.165, 1.54) is 16.7 Å². The van der Waals surface area contributed by atoms with Crippen molar-refractivity contribution in [2.45, 2.75) is 20.0 Å². The van der Waals surface area contributed by atoms with Crippen molar-refractivity contribution < 1.29 is 9.47 Å². The van der Waals surface area contributed by atoms with Crippen molar-refractivity contribution in [2.24, 2.45) is 0 Å². The third-order valence-electron chi connectivity index (χ3n) is 2.39. The zero-order valence-corrected chi connectivity index (χ0v) is 8.26. The number of hydrogen-bond donors (Lipinski definition) is 0. The molecule has 70 valence electrons. The SMILES string of the molecule is COc1c(C)cc([C@H]2CO2)cc1C. The largest absolute Gasteiger partial charge is 0.496 e. The summed E-state index contributed by atoms with van der Waals surface area (Å²) >= 11 is 0. The number of hydrogen-bond acceptors (Lipinski definition) is 2. The molecule has 13 heavy (non-hydrogen) atoms. The number of aryl methyl sites for hydroxylation is 2. The van der Waals surface area contributed by atoms with Gasteiger partial charge in [-0.2, -0.15) is 0 Å². The van der Waals surface area contributed by atoms with E-state index < -0.39 is 0 Å². The molecule has 1 aromatic carbocycles. The fourth-order valence-corrected chi connectivity index (χ4v) is 1.73. The summed E-state index contributed by atoms with van der Waals surface area (Å²) in [5, 5.41) is 0. The second kappa shape index (κ2) is 3.04. The van der Waals surface area contributed by atoms with Crippen molar-refractivity contribution in [3.63, 3.8) is 0 Å². The summed E-state index contributed by atoms with van der Waals surface area (Å²) in [6.45, 7) is 5.00. The molecule has 0 spiro atoms. The van der Waals surface area contributed by atoms with Gasteiger partial charge >= 0.3 is 0 Å². The van der Waals surface area contributed by atoms with Gasteiger partial charge in [0.15, 0.2) is 0 Å². The van der Waals surface area contributed by atoms with Crippen LogP contribution < -0.4 is 4.74 Å². The molecule has 0 radical (unpaired) electrons. The van der Waals surface area contributed by atoms with Gasteiger partial charge in [-0.05, 0) is 42.7 Å². The lowest BCUT2D eigenvalue weighted by Gasteiger charge is -2.09. The lowest BCUT2D eigenvalue weighted by atomic mass is 10.0. The molecule has 1 aliphatic heterocycles. The maximum atomic E-state index is 5.29. The molecule has 0 aliphatic carbocycles. The standard InChI is InChI=1S/C11H14O2/c1-7-4-9(10-6-13-10)5-8(2)11(7)12-3/h4-5,10H,6H2,1-3H3/t10-/m1/s1. The third kappa shape index (κ3) is 1.54. The van der Waals surface area contributed by atoms with Crippen LogP contribution in [-0.4, -0.2) is 13.7 Å². The summed E-state index contributed by atoms with van der Waals surface area (Å²) < 4.78 is 10.5. The highest BCUT2D eigenvalue weighted by Gasteiger charge is 2.25. The molecule has 0 saturated carbocycles. The maximum Gasteiger partial charge on any atom is 0.124 e. The summed E-state index contributed by atoms with van der Waals surface area (Å²) in [4.78, 5) is 0. The van der Waals surface area contributed by atoms with E-state index in [4.69, 9.17) is 9.47 Å². The number of methoxy groups -OCH3 is 1. The Morgan fingerprint density at radius 2 is 1.85 bits per heavy atom. The fourth-order valence-electron chi connectivity index (χ4n) is 1.73. The van der Waals surface area contributed by atoms with Crippen molar-refractivity contribution in [1.82, 2.24) is 0 Å². The van der Waals surface area contributed by atoms with Crippen molar-refractivity contribution in [3.8, 4) is 5.75 Å². The summed E-state index contributed by atoms with van der Waals surface area (Å²) in [5.41, 5.74) is 3.65. The first-order valence-electron chi connectivity index (χ1n) is 4.49. The molecule has 2 nitrogen and oxygen atoms in total.